The average Bonchev–Trinajstić information content (AvgIpc) is 2.81. The molecule has 0 atom stereocenters. The first-order valence-electron chi connectivity index (χ1n) is 10.7. The predicted octanol–water partition coefficient (Wildman–Crippen LogP) is 5.89. The minimum Gasteiger partial charge on any atom is -0.496 e. The van der Waals surface area contributed by atoms with Crippen molar-refractivity contribution in [2.45, 2.75) is 20.4 Å². The third kappa shape index (κ3) is 4.93. The van der Waals surface area contributed by atoms with Crippen LogP contribution in [-0.4, -0.2) is 16.9 Å². The van der Waals surface area contributed by atoms with Crippen LogP contribution in [0.25, 0.3) is 23.3 Å². The van der Waals surface area contributed by atoms with E-state index in [1.165, 1.54) is 16.8 Å². The van der Waals surface area contributed by atoms with Gasteiger partial charge in [0.05, 0.1) is 24.9 Å². The van der Waals surface area contributed by atoms with Crippen molar-refractivity contribution in [3.8, 4) is 16.9 Å². The van der Waals surface area contributed by atoms with Gasteiger partial charge >= 0.3 is 0 Å². The molecule has 4 aromatic rings. The second-order valence-electron chi connectivity index (χ2n) is 7.91. The van der Waals surface area contributed by atoms with Crippen molar-refractivity contribution in [3.05, 3.63) is 117 Å². The highest BCUT2D eigenvalue weighted by Crippen LogP contribution is 2.33. The van der Waals surface area contributed by atoms with Gasteiger partial charge in [-0.1, -0.05) is 66.2 Å². The van der Waals surface area contributed by atoms with Crippen LogP contribution in [0.3, 0.4) is 0 Å². The Kier molecular flexibility index (Phi) is 6.50. The molecule has 0 fully saturated rings. The number of aromatic nitrogens is 2. The second kappa shape index (κ2) is 9.65. The molecule has 0 bridgehead atoms. The molecule has 0 spiro atoms. The van der Waals surface area contributed by atoms with E-state index < -0.39 is 0 Å². The number of hydrogen-bond acceptors (Lipinski definition) is 3. The summed E-state index contributed by atoms with van der Waals surface area (Å²) in [7, 11) is 1.60. The van der Waals surface area contributed by atoms with Crippen molar-refractivity contribution >= 4 is 12.2 Å². The van der Waals surface area contributed by atoms with Crippen LogP contribution in [-0.2, 0) is 6.54 Å². The van der Waals surface area contributed by atoms with Gasteiger partial charge in [0, 0.05) is 11.1 Å². The number of para-hydroxylation sites is 1. The highest BCUT2D eigenvalue weighted by molar-refractivity contribution is 5.84. The van der Waals surface area contributed by atoms with Gasteiger partial charge in [-0.25, -0.2) is 9.07 Å². The van der Waals surface area contributed by atoms with Gasteiger partial charge in [0.2, 0.25) is 0 Å². The van der Waals surface area contributed by atoms with Crippen LogP contribution in [0.4, 0.5) is 4.39 Å². The van der Waals surface area contributed by atoms with Gasteiger partial charge in [-0.2, -0.15) is 5.10 Å². The molecule has 4 nitrogen and oxygen atoms in total. The van der Waals surface area contributed by atoms with Gasteiger partial charge in [0.15, 0.2) is 0 Å². The highest BCUT2D eigenvalue weighted by Gasteiger charge is 2.18. The topological polar surface area (TPSA) is 44.1 Å². The summed E-state index contributed by atoms with van der Waals surface area (Å²) in [5, 5.41) is 4.63. The van der Waals surface area contributed by atoms with Crippen LogP contribution in [0.1, 0.15) is 27.9 Å². The van der Waals surface area contributed by atoms with E-state index in [-0.39, 0.29) is 11.4 Å². The monoisotopic (exact) mass is 440 g/mol. The molecule has 0 unspecified atom stereocenters. The van der Waals surface area contributed by atoms with E-state index in [0.717, 1.165) is 16.7 Å². The number of rotatable bonds is 6. The first-order chi connectivity index (χ1) is 16.0. The maximum atomic E-state index is 13.7. The van der Waals surface area contributed by atoms with E-state index in [9.17, 15) is 9.18 Å². The van der Waals surface area contributed by atoms with Crippen molar-refractivity contribution < 1.29 is 9.13 Å². The second-order valence-corrected chi connectivity index (χ2v) is 7.91. The third-order valence-electron chi connectivity index (χ3n) is 5.49. The van der Waals surface area contributed by atoms with Gasteiger partial charge in [0.25, 0.3) is 5.56 Å². The lowest BCUT2D eigenvalue weighted by Crippen LogP contribution is -2.27. The summed E-state index contributed by atoms with van der Waals surface area (Å²) < 4.78 is 20.7. The molecule has 1 heterocycles. The molecular formula is C28H25FN2O2. The largest absolute Gasteiger partial charge is 0.496 e. The zero-order valence-corrected chi connectivity index (χ0v) is 18.9. The molecule has 0 aliphatic heterocycles. The van der Waals surface area contributed by atoms with E-state index in [0.29, 0.717) is 34.7 Å². The lowest BCUT2D eigenvalue weighted by atomic mass is 9.97. The van der Waals surface area contributed by atoms with Crippen molar-refractivity contribution in [1.29, 1.82) is 0 Å². The summed E-state index contributed by atoms with van der Waals surface area (Å²) in [6, 6.07) is 21.8. The SMILES string of the molecule is COc1ccccc1-c1c(C)nn(Cc2ccc(C)cc2)c(=O)c1C=Cc1cccc(F)c1. The first-order valence-corrected chi connectivity index (χ1v) is 10.7. The average molecular weight is 441 g/mol. The van der Waals surface area contributed by atoms with Crippen LogP contribution in [0.2, 0.25) is 0 Å². The van der Waals surface area contributed by atoms with E-state index >= 15 is 0 Å². The number of halogens is 1. The van der Waals surface area contributed by atoms with Crippen molar-refractivity contribution in [2.75, 3.05) is 7.11 Å². The Bertz CT molecular complexity index is 1370. The Labute approximate surface area is 192 Å². The third-order valence-corrected chi connectivity index (χ3v) is 5.49. The predicted molar refractivity (Wildman–Crippen MR) is 131 cm³/mol. The lowest BCUT2D eigenvalue weighted by molar-refractivity contribution is 0.416. The first kappa shape index (κ1) is 22.2. The summed E-state index contributed by atoms with van der Waals surface area (Å²) in [5.74, 6) is 0.322. The van der Waals surface area contributed by atoms with Crippen molar-refractivity contribution in [2.24, 2.45) is 0 Å². The molecule has 4 rings (SSSR count). The number of nitrogens with zero attached hydrogens (tertiary/aromatic N) is 2. The summed E-state index contributed by atoms with van der Waals surface area (Å²) in [6.45, 7) is 4.26. The van der Waals surface area contributed by atoms with E-state index in [1.807, 2.05) is 62.4 Å². The normalized spacial score (nSPS) is 11.2. The molecule has 0 saturated heterocycles. The van der Waals surface area contributed by atoms with Gasteiger partial charge in [-0.05, 0) is 49.2 Å². The number of methoxy groups -OCH3 is 1. The molecule has 0 aliphatic rings. The van der Waals surface area contributed by atoms with Gasteiger partial charge in [-0.15, -0.1) is 0 Å². The molecule has 5 heteroatoms. The summed E-state index contributed by atoms with van der Waals surface area (Å²) in [5.41, 5.74) is 5.23. The number of aryl methyl sites for hydroxylation is 2. The van der Waals surface area contributed by atoms with Crippen molar-refractivity contribution in [3.63, 3.8) is 0 Å². The molecule has 0 amide bonds. The Morgan fingerprint density at radius 3 is 2.45 bits per heavy atom. The zero-order chi connectivity index (χ0) is 23.4. The lowest BCUT2D eigenvalue weighted by Gasteiger charge is -2.16. The zero-order valence-electron chi connectivity index (χ0n) is 18.9. The van der Waals surface area contributed by atoms with Gasteiger partial charge in [-0.3, -0.25) is 4.79 Å². The van der Waals surface area contributed by atoms with Crippen LogP contribution < -0.4 is 10.3 Å². The fraction of sp³-hybridized carbons (Fsp3) is 0.143. The quantitative estimate of drug-likeness (QED) is 0.375. The maximum Gasteiger partial charge on any atom is 0.274 e. The molecule has 166 valence electrons. The summed E-state index contributed by atoms with van der Waals surface area (Å²) >= 11 is 0. The fourth-order valence-corrected chi connectivity index (χ4v) is 3.83. The molecule has 3 aromatic carbocycles. The number of benzene rings is 3. The molecule has 0 N–H and O–H groups in total. The van der Waals surface area contributed by atoms with Gasteiger partial charge < -0.3 is 4.74 Å². The standard InChI is InChI=1S/C28H25FN2O2/c1-19-11-13-22(14-12-19)18-31-28(32)25(16-15-21-7-6-8-23(29)17-21)27(20(2)30-31)24-9-4-5-10-26(24)33-3/h4-17H,18H2,1-3H3. The highest BCUT2D eigenvalue weighted by atomic mass is 19.1. The van der Waals surface area contributed by atoms with Crippen LogP contribution >= 0.6 is 0 Å². The molecule has 33 heavy (non-hydrogen) atoms. The Morgan fingerprint density at radius 2 is 1.73 bits per heavy atom. The molecule has 0 radical (unpaired) electrons. The van der Waals surface area contributed by atoms with E-state index in [4.69, 9.17) is 4.74 Å². The fourth-order valence-electron chi connectivity index (χ4n) is 3.83. The molecule has 0 saturated carbocycles. The van der Waals surface area contributed by atoms with Crippen LogP contribution in [0, 0.1) is 19.7 Å². The smallest absolute Gasteiger partial charge is 0.274 e. The Hall–Kier alpha value is -3.99. The maximum absolute atomic E-state index is 13.7. The molecule has 0 aliphatic carbocycles. The molecule has 1 aromatic heterocycles. The van der Waals surface area contributed by atoms with E-state index in [2.05, 4.69) is 5.10 Å². The Morgan fingerprint density at radius 1 is 0.970 bits per heavy atom. The van der Waals surface area contributed by atoms with Crippen molar-refractivity contribution in [1.82, 2.24) is 9.78 Å². The van der Waals surface area contributed by atoms with Crippen LogP contribution in [0.15, 0.2) is 77.6 Å². The summed E-state index contributed by atoms with van der Waals surface area (Å²) in [6.07, 6.45) is 3.48. The molecular weight excluding hydrogens is 415 g/mol. The summed E-state index contributed by atoms with van der Waals surface area (Å²) in [4.78, 5) is 13.6. The van der Waals surface area contributed by atoms with Gasteiger partial charge in [0.1, 0.15) is 11.6 Å². The minimum atomic E-state index is -0.329. The number of ether oxygens (including phenoxy) is 1. The van der Waals surface area contributed by atoms with Crippen LogP contribution in [0.5, 0.6) is 5.75 Å². The number of hydrogen-bond donors (Lipinski definition) is 0. The van der Waals surface area contributed by atoms with E-state index in [1.54, 1.807) is 31.4 Å². The minimum absolute atomic E-state index is 0.227. The Balaban J connectivity index is 1.89.